The number of hydrogen-bond donors (Lipinski definition) is 1. The molecule has 0 aromatic heterocycles. The molecular formula is C19H19N3. The van der Waals surface area contributed by atoms with Crippen LogP contribution in [0.2, 0.25) is 0 Å². The summed E-state index contributed by atoms with van der Waals surface area (Å²) in [4.78, 5) is 2.64. The average Bonchev–Trinajstić information content (AvgIpc) is 3.11. The Kier molecular flexibility index (Phi) is 2.28. The third-order valence-electron chi connectivity index (χ3n) is 6.32. The molecule has 2 saturated heterocycles. The van der Waals surface area contributed by atoms with Crippen LogP contribution in [0.5, 0.6) is 0 Å². The Balaban J connectivity index is 1.83. The lowest BCUT2D eigenvalue weighted by molar-refractivity contribution is 0.167. The van der Waals surface area contributed by atoms with Gasteiger partial charge in [-0.2, -0.15) is 5.26 Å². The molecule has 0 amide bonds. The molecule has 3 aliphatic heterocycles. The third-order valence-corrected chi connectivity index (χ3v) is 6.32. The van der Waals surface area contributed by atoms with Gasteiger partial charge in [0.05, 0.1) is 17.1 Å². The van der Waals surface area contributed by atoms with Crippen LogP contribution in [0.4, 0.5) is 5.69 Å². The van der Waals surface area contributed by atoms with E-state index in [0.29, 0.717) is 12.0 Å². The van der Waals surface area contributed by atoms with Crippen molar-refractivity contribution in [2.24, 2.45) is 5.92 Å². The highest BCUT2D eigenvalue weighted by atomic mass is 15.2. The van der Waals surface area contributed by atoms with Gasteiger partial charge in [-0.25, -0.2) is 0 Å². The molecule has 4 aliphatic rings. The number of rotatable bonds is 0. The van der Waals surface area contributed by atoms with Crippen molar-refractivity contribution in [3.05, 3.63) is 52.7 Å². The van der Waals surface area contributed by atoms with E-state index in [1.807, 2.05) is 0 Å². The Morgan fingerprint density at radius 1 is 1.41 bits per heavy atom. The van der Waals surface area contributed by atoms with Crippen LogP contribution in [0.25, 0.3) is 0 Å². The van der Waals surface area contributed by atoms with E-state index in [1.54, 1.807) is 0 Å². The predicted octanol–water partition coefficient (Wildman–Crippen LogP) is 3.18. The van der Waals surface area contributed by atoms with E-state index in [1.165, 1.54) is 22.5 Å². The number of nitrogens with one attached hydrogen (secondary N) is 1. The van der Waals surface area contributed by atoms with E-state index in [4.69, 9.17) is 0 Å². The van der Waals surface area contributed by atoms with Crippen molar-refractivity contribution in [2.45, 2.75) is 31.2 Å². The Bertz CT molecular complexity index is 782. The molecule has 5 rings (SSSR count). The second-order valence-electron chi connectivity index (χ2n) is 6.93. The summed E-state index contributed by atoms with van der Waals surface area (Å²) in [6.45, 7) is 4.28. The molecule has 1 aromatic carbocycles. The van der Waals surface area contributed by atoms with Crippen LogP contribution < -0.4 is 5.32 Å². The van der Waals surface area contributed by atoms with Crippen molar-refractivity contribution in [2.75, 3.05) is 18.4 Å². The SMILES string of the molecule is CC=C1CN2CC[C@]34C(=C(C#N)[C@H]1C[C@H]23)Nc1ccccc14. The summed E-state index contributed by atoms with van der Waals surface area (Å²) in [5.74, 6) is 0.319. The van der Waals surface area contributed by atoms with Crippen LogP contribution in [0.1, 0.15) is 25.3 Å². The molecule has 22 heavy (non-hydrogen) atoms. The fourth-order valence-electron chi connectivity index (χ4n) is 5.39. The van der Waals surface area contributed by atoms with Crippen LogP contribution in [0, 0.1) is 17.2 Å². The van der Waals surface area contributed by atoms with Crippen molar-refractivity contribution in [3.63, 3.8) is 0 Å². The van der Waals surface area contributed by atoms with Gasteiger partial charge >= 0.3 is 0 Å². The largest absolute Gasteiger partial charge is 0.357 e. The number of benzene rings is 1. The van der Waals surface area contributed by atoms with Gasteiger partial charge in [0.25, 0.3) is 0 Å². The second-order valence-corrected chi connectivity index (χ2v) is 6.93. The maximum atomic E-state index is 9.88. The summed E-state index contributed by atoms with van der Waals surface area (Å²) in [5.41, 5.74) is 6.28. The lowest BCUT2D eigenvalue weighted by Gasteiger charge is -2.47. The van der Waals surface area contributed by atoms with Gasteiger partial charge in [-0.3, -0.25) is 4.90 Å². The van der Waals surface area contributed by atoms with Crippen molar-refractivity contribution < 1.29 is 0 Å². The lowest BCUT2D eigenvalue weighted by Crippen LogP contribution is -2.52. The second kappa shape index (κ2) is 4.02. The van der Waals surface area contributed by atoms with Crippen LogP contribution in [0.15, 0.2) is 47.2 Å². The average molecular weight is 289 g/mol. The summed E-state index contributed by atoms with van der Waals surface area (Å²) in [7, 11) is 0. The van der Waals surface area contributed by atoms with E-state index < -0.39 is 0 Å². The smallest absolute Gasteiger partial charge is 0.0972 e. The molecule has 110 valence electrons. The van der Waals surface area contributed by atoms with Gasteiger partial charge in [0, 0.05) is 36.4 Å². The standard InChI is InChI=1S/C19H19N3/c1-2-12-11-22-8-7-19-15-5-3-4-6-16(15)21-18(19)14(10-20)13(12)9-17(19)22/h2-6,13,17,21H,7-9,11H2,1H3/t13-,17-,19+/m0/s1. The number of piperidine rings is 1. The molecule has 2 fully saturated rings. The van der Waals surface area contributed by atoms with Crippen LogP contribution in [-0.2, 0) is 5.41 Å². The summed E-state index contributed by atoms with van der Waals surface area (Å²) in [5, 5.41) is 13.5. The molecular weight excluding hydrogens is 270 g/mol. The Morgan fingerprint density at radius 2 is 2.27 bits per heavy atom. The minimum atomic E-state index is 0.0391. The summed E-state index contributed by atoms with van der Waals surface area (Å²) < 4.78 is 0. The Morgan fingerprint density at radius 3 is 3.09 bits per heavy atom. The molecule has 1 N–H and O–H groups in total. The van der Waals surface area contributed by atoms with E-state index in [9.17, 15) is 5.26 Å². The minimum absolute atomic E-state index is 0.0391. The zero-order valence-electron chi connectivity index (χ0n) is 12.8. The number of allylic oxidation sites excluding steroid dienone is 2. The minimum Gasteiger partial charge on any atom is -0.357 e. The van der Waals surface area contributed by atoms with Crippen molar-refractivity contribution >= 4 is 5.69 Å². The number of anilines is 1. The maximum absolute atomic E-state index is 9.88. The quantitative estimate of drug-likeness (QED) is 0.746. The van der Waals surface area contributed by atoms with Gasteiger partial charge in [-0.15, -0.1) is 0 Å². The maximum Gasteiger partial charge on any atom is 0.0972 e. The van der Waals surface area contributed by atoms with Gasteiger partial charge in [0.15, 0.2) is 0 Å². The molecule has 0 radical (unpaired) electrons. The molecule has 0 saturated carbocycles. The molecule has 0 unspecified atom stereocenters. The van der Waals surface area contributed by atoms with Crippen molar-refractivity contribution in [1.29, 1.82) is 5.26 Å². The molecule has 3 atom stereocenters. The zero-order valence-corrected chi connectivity index (χ0v) is 12.8. The highest BCUT2D eigenvalue weighted by Gasteiger charge is 2.61. The highest BCUT2D eigenvalue weighted by molar-refractivity contribution is 5.73. The molecule has 2 bridgehead atoms. The van der Waals surface area contributed by atoms with Crippen molar-refractivity contribution in [3.8, 4) is 6.07 Å². The molecule has 1 aliphatic carbocycles. The summed E-state index contributed by atoms with van der Waals surface area (Å²) in [6, 6.07) is 11.8. The Labute approximate surface area is 130 Å². The number of nitriles is 1. The number of para-hydroxylation sites is 1. The van der Waals surface area contributed by atoms with Gasteiger partial charge in [-0.1, -0.05) is 29.8 Å². The van der Waals surface area contributed by atoms with Gasteiger partial charge in [0.1, 0.15) is 0 Å². The molecule has 1 aromatic rings. The van der Waals surface area contributed by atoms with E-state index in [0.717, 1.165) is 31.5 Å². The topological polar surface area (TPSA) is 39.1 Å². The van der Waals surface area contributed by atoms with E-state index in [2.05, 4.69) is 53.6 Å². The van der Waals surface area contributed by atoms with Crippen LogP contribution in [-0.4, -0.2) is 24.0 Å². The Hall–Kier alpha value is -2.05. The number of nitrogens with zero attached hydrogens (tertiary/aromatic N) is 2. The summed E-state index contributed by atoms with van der Waals surface area (Å²) in [6.07, 6.45) is 4.46. The first-order valence-corrected chi connectivity index (χ1v) is 8.20. The first kappa shape index (κ1) is 12.5. The highest BCUT2D eigenvalue weighted by Crippen LogP contribution is 2.60. The normalized spacial score (nSPS) is 36.8. The van der Waals surface area contributed by atoms with Crippen molar-refractivity contribution in [1.82, 2.24) is 4.90 Å². The first-order valence-electron chi connectivity index (χ1n) is 8.20. The molecule has 3 nitrogen and oxygen atoms in total. The van der Waals surface area contributed by atoms with Crippen LogP contribution >= 0.6 is 0 Å². The predicted molar refractivity (Wildman–Crippen MR) is 86.2 cm³/mol. The fraction of sp³-hybridized carbons (Fsp3) is 0.421. The molecule has 1 spiro atoms. The van der Waals surface area contributed by atoms with Gasteiger partial charge < -0.3 is 5.32 Å². The monoisotopic (exact) mass is 289 g/mol. The molecule has 3 heterocycles. The number of hydrogen-bond acceptors (Lipinski definition) is 3. The van der Waals surface area contributed by atoms with Gasteiger partial charge in [0.2, 0.25) is 0 Å². The van der Waals surface area contributed by atoms with Crippen LogP contribution in [0.3, 0.4) is 0 Å². The van der Waals surface area contributed by atoms with E-state index in [-0.39, 0.29) is 5.41 Å². The summed E-state index contributed by atoms with van der Waals surface area (Å²) >= 11 is 0. The zero-order chi connectivity index (χ0) is 14.9. The lowest BCUT2D eigenvalue weighted by atomic mass is 9.62. The first-order chi connectivity index (χ1) is 10.8. The number of fused-ring (bicyclic) bond motifs is 2. The molecule has 3 heteroatoms. The van der Waals surface area contributed by atoms with Gasteiger partial charge in [-0.05, 0) is 31.4 Å². The third kappa shape index (κ3) is 1.22. The fourth-order valence-corrected chi connectivity index (χ4v) is 5.39. The van der Waals surface area contributed by atoms with E-state index >= 15 is 0 Å².